The molecule has 1 aliphatic rings. The van der Waals surface area contributed by atoms with Gasteiger partial charge in [0.05, 0.1) is 6.07 Å². The molecule has 1 radical (unpaired) electrons. The molecule has 0 aromatic rings. The first-order chi connectivity index (χ1) is 3.83. The van der Waals surface area contributed by atoms with E-state index in [1.54, 1.807) is 6.07 Å². The smallest absolute Gasteiger partial charge is 0.244 e. The van der Waals surface area contributed by atoms with Crippen LogP contribution < -0.4 is 5.32 Å². The Bertz CT molecular complexity index is 178. The van der Waals surface area contributed by atoms with Gasteiger partial charge in [-0.15, -0.1) is 0 Å². The van der Waals surface area contributed by atoms with E-state index in [-0.39, 0.29) is 0 Å². The quantitative estimate of drug-likeness (QED) is 0.427. The van der Waals surface area contributed by atoms with Crippen LogP contribution in [0, 0.1) is 11.3 Å². The zero-order chi connectivity index (χ0) is 5.98. The molecule has 1 heterocycles. The molecule has 0 fully saturated rings. The highest BCUT2D eigenvalue weighted by atomic mass is 16.2. The summed E-state index contributed by atoms with van der Waals surface area (Å²) in [6, 6.07) is 0.562. The van der Waals surface area contributed by atoms with Gasteiger partial charge in [0.15, 0.2) is 6.04 Å². The fourth-order valence-corrected chi connectivity index (χ4v) is 0.382. The van der Waals surface area contributed by atoms with E-state index < -0.39 is 12.1 Å². The average molecular weight is 108 g/mol. The Hall–Kier alpha value is -1.37. The van der Waals surface area contributed by atoms with Crippen molar-refractivity contribution in [1.82, 2.24) is 5.32 Å². The first-order valence-corrected chi connectivity index (χ1v) is 2.01. The van der Waals surface area contributed by atoms with Crippen molar-refractivity contribution in [2.75, 3.05) is 0 Å². The van der Waals surface area contributed by atoms with Gasteiger partial charge in [0.2, 0.25) is 0 Å². The van der Waals surface area contributed by atoms with Crippen LogP contribution in [0.4, 0.5) is 4.79 Å². The number of aliphatic imine (C=N–C) groups is 1. The molecule has 4 nitrogen and oxygen atoms in total. The molecule has 39 valence electrons. The zero-order valence-electron chi connectivity index (χ0n) is 3.90. The largest absolute Gasteiger partial charge is 0.363 e. The van der Waals surface area contributed by atoms with Gasteiger partial charge in [-0.1, -0.05) is 0 Å². The van der Waals surface area contributed by atoms with Gasteiger partial charge in [0.25, 0.3) is 0 Å². The van der Waals surface area contributed by atoms with Crippen LogP contribution in [0.1, 0.15) is 0 Å². The Kier molecular flexibility index (Phi) is 0.968. The van der Waals surface area contributed by atoms with E-state index in [2.05, 4.69) is 10.3 Å². The first-order valence-electron chi connectivity index (χ1n) is 2.01. The fraction of sp³-hybridized carbons (Fsp3) is 0.250. The van der Waals surface area contributed by atoms with E-state index in [1.807, 2.05) is 0 Å². The molecule has 0 aromatic carbocycles. The van der Waals surface area contributed by atoms with Crippen LogP contribution in [-0.2, 0) is 0 Å². The van der Waals surface area contributed by atoms with Crippen molar-refractivity contribution in [3.63, 3.8) is 0 Å². The maximum Gasteiger partial charge on any atom is 0.363 e. The van der Waals surface area contributed by atoms with Crippen molar-refractivity contribution in [3.05, 3.63) is 0 Å². The van der Waals surface area contributed by atoms with Gasteiger partial charge in [-0.2, -0.15) is 5.26 Å². The van der Waals surface area contributed by atoms with Crippen LogP contribution in [0.15, 0.2) is 4.99 Å². The molecule has 0 N–H and O–H groups in total. The van der Waals surface area contributed by atoms with Crippen molar-refractivity contribution in [1.29, 1.82) is 5.26 Å². The standard InChI is InChI=1S/C4H2N3O/c5-1-3-2-6-4(8)7-3/h2-3H. The minimum Gasteiger partial charge on any atom is -0.244 e. The molecule has 0 aliphatic carbocycles. The number of nitriles is 1. The summed E-state index contributed by atoms with van der Waals surface area (Å²) in [5.41, 5.74) is 0. The normalized spacial score (nSPS) is 24.9. The maximum absolute atomic E-state index is 10.1. The highest BCUT2D eigenvalue weighted by molar-refractivity contribution is 5.94. The molecule has 4 heteroatoms. The molecule has 0 bridgehead atoms. The van der Waals surface area contributed by atoms with Crippen molar-refractivity contribution >= 4 is 12.2 Å². The van der Waals surface area contributed by atoms with Gasteiger partial charge in [-0.05, 0) is 0 Å². The zero-order valence-corrected chi connectivity index (χ0v) is 3.90. The first kappa shape index (κ1) is 4.78. The van der Waals surface area contributed by atoms with Crippen LogP contribution in [0.5, 0.6) is 0 Å². The lowest BCUT2D eigenvalue weighted by atomic mass is 10.4. The van der Waals surface area contributed by atoms with E-state index in [0.717, 1.165) is 0 Å². The average Bonchev–Trinajstić information content (AvgIpc) is 2.14. The number of hydrogen-bond donors (Lipinski definition) is 0. The molecular formula is C4H2N3O. The second-order valence-electron chi connectivity index (χ2n) is 1.26. The van der Waals surface area contributed by atoms with Crippen molar-refractivity contribution in [2.45, 2.75) is 6.04 Å². The summed E-state index contributed by atoms with van der Waals surface area (Å²) in [6.45, 7) is 0. The molecule has 2 amide bonds. The second kappa shape index (κ2) is 1.62. The molecule has 1 unspecified atom stereocenters. The third-order valence-electron chi connectivity index (χ3n) is 0.708. The number of rotatable bonds is 0. The molecule has 0 saturated heterocycles. The van der Waals surface area contributed by atoms with E-state index in [1.165, 1.54) is 6.21 Å². The predicted molar refractivity (Wildman–Crippen MR) is 25.4 cm³/mol. The van der Waals surface area contributed by atoms with Gasteiger partial charge in [-0.25, -0.2) is 15.1 Å². The molecule has 1 aliphatic heterocycles. The summed E-state index contributed by atoms with van der Waals surface area (Å²) in [5.74, 6) is 0. The Labute approximate surface area is 45.8 Å². The molecular weight excluding hydrogens is 106 g/mol. The number of amides is 2. The van der Waals surface area contributed by atoms with E-state index >= 15 is 0 Å². The second-order valence-corrected chi connectivity index (χ2v) is 1.26. The summed E-state index contributed by atoms with van der Waals surface area (Å²) in [7, 11) is 0. The summed E-state index contributed by atoms with van der Waals surface area (Å²) >= 11 is 0. The Morgan fingerprint density at radius 3 is 2.88 bits per heavy atom. The number of nitrogens with zero attached hydrogens (tertiary/aromatic N) is 3. The SMILES string of the molecule is N#CC1C=NC(=O)[N]1. The van der Waals surface area contributed by atoms with Crippen LogP contribution in [0.3, 0.4) is 0 Å². The van der Waals surface area contributed by atoms with Gasteiger partial charge >= 0.3 is 6.03 Å². The lowest BCUT2D eigenvalue weighted by Crippen LogP contribution is -2.16. The van der Waals surface area contributed by atoms with Crippen molar-refractivity contribution in [2.24, 2.45) is 4.99 Å². The molecule has 0 saturated carbocycles. The van der Waals surface area contributed by atoms with Crippen LogP contribution in [0.25, 0.3) is 0 Å². The highest BCUT2D eigenvalue weighted by Gasteiger charge is 2.15. The van der Waals surface area contributed by atoms with E-state index in [0.29, 0.717) is 0 Å². The minimum atomic E-state index is -0.637. The van der Waals surface area contributed by atoms with Crippen LogP contribution >= 0.6 is 0 Å². The highest BCUT2D eigenvalue weighted by Crippen LogP contribution is 1.90. The van der Waals surface area contributed by atoms with Crippen LogP contribution in [0.2, 0.25) is 0 Å². The Balaban J connectivity index is 2.62. The third kappa shape index (κ3) is 0.658. The van der Waals surface area contributed by atoms with Gasteiger partial charge < -0.3 is 0 Å². The summed E-state index contributed by atoms with van der Waals surface area (Å²) in [5, 5.41) is 11.4. The Morgan fingerprint density at radius 1 is 1.88 bits per heavy atom. The molecule has 1 rings (SSSR count). The van der Waals surface area contributed by atoms with E-state index in [9.17, 15) is 4.79 Å². The van der Waals surface area contributed by atoms with Crippen molar-refractivity contribution < 1.29 is 4.79 Å². The van der Waals surface area contributed by atoms with E-state index in [4.69, 9.17) is 5.26 Å². The fourth-order valence-electron chi connectivity index (χ4n) is 0.382. The molecule has 8 heavy (non-hydrogen) atoms. The maximum atomic E-state index is 10.1. The topological polar surface area (TPSA) is 67.3 Å². The Morgan fingerprint density at radius 2 is 2.62 bits per heavy atom. The summed E-state index contributed by atoms with van der Waals surface area (Å²) in [4.78, 5) is 13.3. The lowest BCUT2D eigenvalue weighted by molar-refractivity contribution is 0.250. The van der Waals surface area contributed by atoms with Gasteiger partial charge in [0.1, 0.15) is 0 Å². The molecule has 1 atom stereocenters. The number of hydrogen-bond acceptors (Lipinski definition) is 2. The van der Waals surface area contributed by atoms with Gasteiger partial charge in [0, 0.05) is 6.21 Å². The summed E-state index contributed by atoms with van der Waals surface area (Å²) in [6.07, 6.45) is 1.22. The summed E-state index contributed by atoms with van der Waals surface area (Å²) < 4.78 is 0. The van der Waals surface area contributed by atoms with Crippen molar-refractivity contribution in [3.8, 4) is 6.07 Å². The monoisotopic (exact) mass is 108 g/mol. The number of urea groups is 1. The minimum absolute atomic E-state index is 0.559. The molecule has 0 aromatic heterocycles. The van der Waals surface area contributed by atoms with Gasteiger partial charge in [-0.3, -0.25) is 0 Å². The number of carbonyl (C=O) groups excluding carboxylic acids is 1. The molecule has 0 spiro atoms. The third-order valence-corrected chi connectivity index (χ3v) is 0.708. The number of carbonyl (C=O) groups is 1. The van der Waals surface area contributed by atoms with Crippen LogP contribution in [-0.4, -0.2) is 18.3 Å². The predicted octanol–water partition coefficient (Wildman–Crippen LogP) is -0.313. The lowest BCUT2D eigenvalue weighted by Gasteiger charge is -1.84.